The number of halogens is 1. The highest BCUT2D eigenvalue weighted by Crippen LogP contribution is 2.47. The van der Waals surface area contributed by atoms with Crippen LogP contribution in [0.25, 0.3) is 0 Å². The fourth-order valence-electron chi connectivity index (χ4n) is 8.71. The minimum atomic E-state index is -4.20. The van der Waals surface area contributed by atoms with Crippen LogP contribution < -0.4 is 14.4 Å². The average molecular weight is 710 g/mol. The molecule has 3 aliphatic carbocycles. The first-order valence-electron chi connectivity index (χ1n) is 17.7. The number of anilines is 1. The molecule has 1 saturated heterocycles. The van der Waals surface area contributed by atoms with Crippen molar-refractivity contribution in [3.05, 3.63) is 64.7 Å². The predicted octanol–water partition coefficient (Wildman–Crippen LogP) is 5.61. The Morgan fingerprint density at radius 3 is 2.63 bits per heavy atom. The van der Waals surface area contributed by atoms with E-state index >= 15 is 0 Å². The van der Waals surface area contributed by atoms with E-state index in [-0.39, 0.29) is 34.8 Å². The molecule has 6 aliphatic rings. The van der Waals surface area contributed by atoms with Crippen LogP contribution in [-0.2, 0) is 36.1 Å². The normalized spacial score (nSPS) is 31.1. The van der Waals surface area contributed by atoms with Crippen molar-refractivity contribution in [2.75, 3.05) is 44.3 Å². The molecule has 49 heavy (non-hydrogen) atoms. The van der Waals surface area contributed by atoms with E-state index in [0.717, 1.165) is 38.5 Å². The summed E-state index contributed by atoms with van der Waals surface area (Å²) in [5.74, 6) is 0.657. The Hall–Kier alpha value is -3.28. The maximum absolute atomic E-state index is 13.7. The highest BCUT2D eigenvalue weighted by molar-refractivity contribution is 7.90. The number of hydrogen-bond donors (Lipinski definition) is 1. The molecule has 8 rings (SSSR count). The van der Waals surface area contributed by atoms with E-state index < -0.39 is 27.6 Å². The molecule has 3 aliphatic heterocycles. The monoisotopic (exact) mass is 709 g/mol. The molecule has 10 nitrogen and oxygen atoms in total. The van der Waals surface area contributed by atoms with Gasteiger partial charge in [0.1, 0.15) is 17.5 Å². The number of hydrogen-bond acceptors (Lipinski definition) is 8. The van der Waals surface area contributed by atoms with Gasteiger partial charge in [0.05, 0.1) is 23.8 Å². The molecule has 2 aromatic rings. The third-order valence-corrected chi connectivity index (χ3v) is 13.4. The van der Waals surface area contributed by atoms with Gasteiger partial charge in [0.25, 0.3) is 15.9 Å². The van der Waals surface area contributed by atoms with E-state index in [1.54, 1.807) is 17.0 Å². The van der Waals surface area contributed by atoms with Gasteiger partial charge >= 0.3 is 6.09 Å². The fraction of sp³-hybridized carbons (Fsp3) is 0.568. The first-order valence-corrected chi connectivity index (χ1v) is 19.5. The topological polar surface area (TPSA) is 114 Å². The number of amides is 2. The number of rotatable bonds is 1. The molecule has 2 spiro atoms. The van der Waals surface area contributed by atoms with Crippen LogP contribution in [-0.4, -0.2) is 76.4 Å². The summed E-state index contributed by atoms with van der Waals surface area (Å²) in [5.41, 5.74) is 1.56. The Morgan fingerprint density at radius 2 is 1.90 bits per heavy atom. The molecule has 0 radical (unpaired) electrons. The van der Waals surface area contributed by atoms with Crippen LogP contribution in [0.4, 0.5) is 10.5 Å². The second-order valence-electron chi connectivity index (χ2n) is 15.1. The van der Waals surface area contributed by atoms with Gasteiger partial charge in [-0.25, -0.2) is 17.9 Å². The summed E-state index contributed by atoms with van der Waals surface area (Å²) in [4.78, 5) is 30.8. The molecule has 2 aromatic carbocycles. The summed E-state index contributed by atoms with van der Waals surface area (Å²) in [6, 6.07) is 11.0. The largest absolute Gasteiger partial charge is 0.490 e. The quantitative estimate of drug-likeness (QED) is 0.381. The molecular formula is C37H44ClN3O7S. The molecule has 0 aromatic heterocycles. The van der Waals surface area contributed by atoms with Gasteiger partial charge in [0, 0.05) is 42.5 Å². The lowest BCUT2D eigenvalue weighted by atomic mass is 9.68. The second kappa shape index (κ2) is 12.5. The van der Waals surface area contributed by atoms with Crippen LogP contribution in [0.2, 0.25) is 5.02 Å². The van der Waals surface area contributed by atoms with Gasteiger partial charge in [-0.05, 0) is 111 Å². The number of ether oxygens (including phenoxy) is 3. The lowest BCUT2D eigenvalue weighted by Gasteiger charge is -2.46. The van der Waals surface area contributed by atoms with Gasteiger partial charge in [-0.3, -0.25) is 4.79 Å². The Bertz CT molecular complexity index is 1790. The van der Waals surface area contributed by atoms with Crippen LogP contribution in [0.5, 0.6) is 5.75 Å². The maximum atomic E-state index is 13.7. The molecule has 1 N–H and O–H groups in total. The molecule has 0 unspecified atom stereocenters. The van der Waals surface area contributed by atoms with Gasteiger partial charge in [0.2, 0.25) is 0 Å². The molecule has 12 heteroatoms. The van der Waals surface area contributed by atoms with Crippen LogP contribution in [0.15, 0.2) is 53.4 Å². The minimum Gasteiger partial charge on any atom is -0.490 e. The van der Waals surface area contributed by atoms with Crippen molar-refractivity contribution in [2.24, 2.45) is 17.8 Å². The van der Waals surface area contributed by atoms with Crippen LogP contribution >= 0.6 is 11.6 Å². The smallest absolute Gasteiger partial charge is 0.410 e. The van der Waals surface area contributed by atoms with Gasteiger partial charge in [-0.1, -0.05) is 30.7 Å². The number of carbonyl (C=O) groups excluding carboxylic acids is 2. The average Bonchev–Trinajstić information content (AvgIpc) is 3.16. The van der Waals surface area contributed by atoms with E-state index in [0.29, 0.717) is 68.0 Å². The number of nitrogens with zero attached hydrogens (tertiary/aromatic N) is 2. The first kappa shape index (κ1) is 32.9. The lowest BCUT2D eigenvalue weighted by molar-refractivity contribution is -0.155. The van der Waals surface area contributed by atoms with E-state index in [1.807, 2.05) is 18.2 Å². The number of nitrogens with one attached hydrogen (secondary N) is 1. The first-order chi connectivity index (χ1) is 23.5. The fourth-order valence-corrected chi connectivity index (χ4v) is 9.97. The van der Waals surface area contributed by atoms with Crippen molar-refractivity contribution >= 4 is 39.3 Å². The Kier molecular flexibility index (Phi) is 8.39. The summed E-state index contributed by atoms with van der Waals surface area (Å²) in [6.45, 7) is 5.30. The molecule has 4 atom stereocenters. The molecule has 262 valence electrons. The number of fused-ring (bicyclic) bond motifs is 4. The maximum Gasteiger partial charge on any atom is 0.410 e. The molecule has 3 fully saturated rings. The zero-order valence-electron chi connectivity index (χ0n) is 27.9. The van der Waals surface area contributed by atoms with E-state index in [2.05, 4.69) is 28.7 Å². The molecule has 2 amide bonds. The van der Waals surface area contributed by atoms with Gasteiger partial charge in [0.15, 0.2) is 0 Å². The van der Waals surface area contributed by atoms with Crippen LogP contribution in [0, 0.1) is 17.8 Å². The number of aryl methyl sites for hydroxylation is 1. The Labute approximate surface area is 293 Å². The summed E-state index contributed by atoms with van der Waals surface area (Å²) in [6.07, 6.45) is 9.29. The molecule has 2 bridgehead atoms. The number of benzene rings is 2. The zero-order chi connectivity index (χ0) is 34.0. The predicted molar refractivity (Wildman–Crippen MR) is 184 cm³/mol. The van der Waals surface area contributed by atoms with Crippen molar-refractivity contribution in [1.82, 2.24) is 9.62 Å². The van der Waals surface area contributed by atoms with Crippen molar-refractivity contribution in [1.29, 1.82) is 0 Å². The number of carbonyl (C=O) groups is 2. The second-order valence-corrected chi connectivity index (χ2v) is 17.2. The summed E-state index contributed by atoms with van der Waals surface area (Å²) in [5, 5.41) is 0.711. The van der Waals surface area contributed by atoms with E-state index in [1.165, 1.54) is 17.2 Å². The van der Waals surface area contributed by atoms with Crippen molar-refractivity contribution < 1.29 is 32.2 Å². The highest BCUT2D eigenvalue weighted by Gasteiger charge is 2.48. The van der Waals surface area contributed by atoms with Gasteiger partial charge < -0.3 is 24.0 Å². The number of likely N-dealkylation sites (tertiary alicyclic amines) is 1. The standard InChI is InChI=1S/C37H44ClN3O7S/c1-24-19-40(20-24)35(43)48-32-6-3-16-47-37(14-4-15-37)34(42)39-49(44,45)28-9-12-33-31(18-28)41(21-26-7-10-29(26)32)22-36(23-46-33)13-2-5-25-17-27(38)8-11-30(25)36/h3,6,8-9,11-12,17-18,24,26,29,32H,2,4-5,7,10,13-16,19-23H2,1H3,(H,39,42)/b6-3+/t26-,29+,32-,36-/m0/s1. The number of sulfonamides is 1. The van der Waals surface area contributed by atoms with Crippen molar-refractivity contribution in [3.63, 3.8) is 0 Å². The lowest BCUT2D eigenvalue weighted by Crippen LogP contribution is -2.55. The summed E-state index contributed by atoms with van der Waals surface area (Å²) >= 11 is 6.44. The Balaban J connectivity index is 1.18. The third kappa shape index (κ3) is 5.99. The minimum absolute atomic E-state index is 0.00202. The summed E-state index contributed by atoms with van der Waals surface area (Å²) < 4.78 is 48.7. The van der Waals surface area contributed by atoms with Crippen LogP contribution in [0.1, 0.15) is 63.0 Å². The van der Waals surface area contributed by atoms with E-state index in [9.17, 15) is 18.0 Å². The van der Waals surface area contributed by atoms with Crippen LogP contribution in [0.3, 0.4) is 0 Å². The zero-order valence-corrected chi connectivity index (χ0v) is 29.4. The summed E-state index contributed by atoms with van der Waals surface area (Å²) in [7, 11) is -4.20. The van der Waals surface area contributed by atoms with Crippen molar-refractivity contribution in [3.8, 4) is 5.75 Å². The molecule has 2 saturated carbocycles. The molecule has 3 heterocycles. The van der Waals surface area contributed by atoms with Gasteiger partial charge in [-0.15, -0.1) is 0 Å². The van der Waals surface area contributed by atoms with Crippen molar-refractivity contribution in [2.45, 2.75) is 80.3 Å². The highest BCUT2D eigenvalue weighted by atomic mass is 35.5. The van der Waals surface area contributed by atoms with E-state index in [4.69, 9.17) is 25.8 Å². The Morgan fingerprint density at radius 1 is 1.06 bits per heavy atom. The SMILES string of the molecule is CC1CN(C(=O)O[C@H]2/C=C/COC3(CCC3)C(=O)NS(=O)(=O)c3ccc4c(c3)N(C[C@@H]3CC[C@H]32)C[C@@]2(CCCc3cc(Cl)ccc32)CO4)C1. The molecular weight excluding hydrogens is 666 g/mol. The van der Waals surface area contributed by atoms with Gasteiger partial charge in [-0.2, -0.15) is 0 Å². The third-order valence-electron chi connectivity index (χ3n) is 11.8.